The second kappa shape index (κ2) is 10.4. The Bertz CT molecular complexity index is 907. The van der Waals surface area contributed by atoms with E-state index in [4.69, 9.17) is 21.1 Å². The SMILES string of the molecule is COC(=O)c1cc(OCC#CC2CCN(C(=O)OC(C)(C)C)CC2)c(Cl)c([N+](=O)[O-])c1. The highest BCUT2D eigenvalue weighted by atomic mass is 35.5. The van der Waals surface area contributed by atoms with Gasteiger partial charge in [0.05, 0.1) is 17.6 Å². The van der Waals surface area contributed by atoms with E-state index in [-0.39, 0.29) is 35.0 Å². The van der Waals surface area contributed by atoms with Gasteiger partial charge in [0.25, 0.3) is 5.69 Å². The Hall–Kier alpha value is -2.99. The van der Waals surface area contributed by atoms with E-state index in [1.54, 1.807) is 4.90 Å². The Morgan fingerprint density at radius 1 is 1.29 bits per heavy atom. The van der Waals surface area contributed by atoms with Gasteiger partial charge in [-0.2, -0.15) is 0 Å². The van der Waals surface area contributed by atoms with Crippen LogP contribution in [-0.4, -0.2) is 54.3 Å². The van der Waals surface area contributed by atoms with Crippen LogP contribution >= 0.6 is 11.6 Å². The Kier molecular flexibility index (Phi) is 8.11. The number of piperidine rings is 1. The normalized spacial score (nSPS) is 14.3. The van der Waals surface area contributed by atoms with E-state index in [0.29, 0.717) is 25.9 Å². The lowest BCUT2D eigenvalue weighted by Crippen LogP contribution is -2.41. The number of likely N-dealkylation sites (tertiary alicyclic amines) is 1. The molecule has 1 heterocycles. The van der Waals surface area contributed by atoms with Crippen molar-refractivity contribution in [2.24, 2.45) is 5.92 Å². The number of esters is 1. The minimum absolute atomic E-state index is 0.0229. The zero-order valence-corrected chi connectivity index (χ0v) is 18.7. The van der Waals surface area contributed by atoms with E-state index < -0.39 is 22.2 Å². The van der Waals surface area contributed by atoms with Crippen molar-refractivity contribution in [3.05, 3.63) is 32.8 Å². The zero-order chi connectivity index (χ0) is 23.2. The Balaban J connectivity index is 1.95. The van der Waals surface area contributed by atoms with Gasteiger partial charge >= 0.3 is 12.1 Å². The Morgan fingerprint density at radius 3 is 2.48 bits per heavy atom. The van der Waals surface area contributed by atoms with Crippen LogP contribution in [0, 0.1) is 27.9 Å². The van der Waals surface area contributed by atoms with Crippen LogP contribution in [0.3, 0.4) is 0 Å². The van der Waals surface area contributed by atoms with Crippen molar-refractivity contribution in [3.63, 3.8) is 0 Å². The molecule has 1 aliphatic rings. The van der Waals surface area contributed by atoms with Gasteiger partial charge in [0.2, 0.25) is 0 Å². The van der Waals surface area contributed by atoms with Gasteiger partial charge in [-0.25, -0.2) is 9.59 Å². The standard InChI is InChI=1S/C21H25ClN2O7/c1-21(2,3)31-20(26)23-9-7-14(8-10-23)6-5-11-30-17-13-15(19(25)29-4)12-16(18(17)22)24(27)28/h12-14H,7-11H2,1-4H3. The number of hydrogen-bond acceptors (Lipinski definition) is 7. The molecule has 0 unspecified atom stereocenters. The Morgan fingerprint density at radius 2 is 1.94 bits per heavy atom. The van der Waals surface area contributed by atoms with Crippen molar-refractivity contribution in [3.8, 4) is 17.6 Å². The third kappa shape index (κ3) is 7.03. The third-order valence-corrected chi connectivity index (χ3v) is 4.77. The number of ether oxygens (including phenoxy) is 3. The molecular formula is C21H25ClN2O7. The number of amides is 1. The van der Waals surface area contributed by atoms with Gasteiger partial charge in [0, 0.05) is 25.1 Å². The van der Waals surface area contributed by atoms with Gasteiger partial charge in [-0.15, -0.1) is 0 Å². The number of halogens is 1. The molecule has 0 aliphatic carbocycles. The second-order valence-electron chi connectivity index (χ2n) is 7.91. The number of nitro groups is 1. The van der Waals surface area contributed by atoms with E-state index in [2.05, 4.69) is 16.6 Å². The van der Waals surface area contributed by atoms with Crippen LogP contribution in [0.1, 0.15) is 44.0 Å². The lowest BCUT2D eigenvalue weighted by atomic mass is 9.98. The van der Waals surface area contributed by atoms with Crippen LogP contribution in [0.5, 0.6) is 5.75 Å². The summed E-state index contributed by atoms with van der Waals surface area (Å²) >= 11 is 6.03. The molecule has 1 aromatic carbocycles. The van der Waals surface area contributed by atoms with Gasteiger partial charge in [-0.05, 0) is 39.7 Å². The number of nitro benzene ring substituents is 1. The summed E-state index contributed by atoms with van der Waals surface area (Å²) in [6.45, 7) is 6.51. The smallest absolute Gasteiger partial charge is 0.410 e. The number of methoxy groups -OCH3 is 1. The zero-order valence-electron chi connectivity index (χ0n) is 17.9. The summed E-state index contributed by atoms with van der Waals surface area (Å²) in [6.07, 6.45) is 1.08. The highest BCUT2D eigenvalue weighted by molar-refractivity contribution is 6.34. The van der Waals surface area contributed by atoms with Gasteiger partial charge < -0.3 is 19.1 Å². The van der Waals surface area contributed by atoms with Crippen molar-refractivity contribution in [1.82, 2.24) is 4.90 Å². The van der Waals surface area contributed by atoms with E-state index in [1.165, 1.54) is 13.2 Å². The first-order valence-electron chi connectivity index (χ1n) is 9.67. The fourth-order valence-electron chi connectivity index (χ4n) is 2.89. The second-order valence-corrected chi connectivity index (χ2v) is 8.29. The monoisotopic (exact) mass is 452 g/mol. The number of carbonyl (C=O) groups excluding carboxylic acids is 2. The van der Waals surface area contributed by atoms with Crippen molar-refractivity contribution < 1.29 is 28.7 Å². The lowest BCUT2D eigenvalue weighted by molar-refractivity contribution is -0.384. The molecule has 1 aromatic rings. The molecule has 10 heteroatoms. The first-order chi connectivity index (χ1) is 14.5. The summed E-state index contributed by atoms with van der Waals surface area (Å²) in [5.41, 5.74) is -1.04. The molecule has 1 saturated heterocycles. The highest BCUT2D eigenvalue weighted by Crippen LogP contribution is 2.35. The topological polar surface area (TPSA) is 108 Å². The van der Waals surface area contributed by atoms with Crippen molar-refractivity contribution >= 4 is 29.4 Å². The molecule has 9 nitrogen and oxygen atoms in total. The Labute approximate surface area is 185 Å². The average molecular weight is 453 g/mol. The van der Waals surface area contributed by atoms with E-state index in [1.807, 2.05) is 20.8 Å². The molecule has 0 bridgehead atoms. The number of nitrogens with zero attached hydrogens (tertiary/aromatic N) is 2. The molecule has 0 saturated carbocycles. The quantitative estimate of drug-likeness (QED) is 0.293. The van der Waals surface area contributed by atoms with E-state index in [9.17, 15) is 19.7 Å². The molecular weight excluding hydrogens is 428 g/mol. The summed E-state index contributed by atoms with van der Waals surface area (Å²) in [7, 11) is 1.17. The molecule has 2 rings (SSSR count). The number of hydrogen-bond donors (Lipinski definition) is 0. The predicted molar refractivity (Wildman–Crippen MR) is 113 cm³/mol. The predicted octanol–water partition coefficient (Wildman–Crippen LogP) is 4.06. The number of benzene rings is 1. The molecule has 1 fully saturated rings. The largest absolute Gasteiger partial charge is 0.479 e. The van der Waals surface area contributed by atoms with Crippen LogP contribution in [0.15, 0.2) is 12.1 Å². The average Bonchev–Trinajstić information content (AvgIpc) is 2.70. The van der Waals surface area contributed by atoms with Crippen LogP contribution < -0.4 is 4.74 Å². The summed E-state index contributed by atoms with van der Waals surface area (Å²) in [5.74, 6) is 5.28. The summed E-state index contributed by atoms with van der Waals surface area (Å²) < 4.78 is 15.4. The third-order valence-electron chi connectivity index (χ3n) is 4.39. The van der Waals surface area contributed by atoms with E-state index >= 15 is 0 Å². The van der Waals surface area contributed by atoms with Crippen LogP contribution in [0.25, 0.3) is 0 Å². The molecule has 1 amide bonds. The first kappa shape index (κ1) is 24.3. The number of carbonyl (C=O) groups is 2. The molecule has 0 N–H and O–H groups in total. The molecule has 0 aromatic heterocycles. The van der Waals surface area contributed by atoms with Crippen molar-refractivity contribution in [2.75, 3.05) is 26.8 Å². The van der Waals surface area contributed by atoms with Gasteiger partial charge in [-0.1, -0.05) is 23.4 Å². The maximum Gasteiger partial charge on any atom is 0.410 e. The van der Waals surface area contributed by atoms with Gasteiger partial charge in [0.15, 0.2) is 5.02 Å². The van der Waals surface area contributed by atoms with Crippen LogP contribution in [0.4, 0.5) is 10.5 Å². The molecule has 0 radical (unpaired) electrons. The fourth-order valence-corrected chi connectivity index (χ4v) is 3.12. The minimum atomic E-state index is -0.743. The maximum absolute atomic E-state index is 12.1. The summed E-state index contributed by atoms with van der Waals surface area (Å²) in [4.78, 5) is 36.0. The van der Waals surface area contributed by atoms with Crippen LogP contribution in [-0.2, 0) is 9.47 Å². The minimum Gasteiger partial charge on any atom is -0.479 e. The number of rotatable bonds is 4. The maximum atomic E-state index is 12.1. The molecule has 0 atom stereocenters. The fraction of sp³-hybridized carbons (Fsp3) is 0.524. The highest BCUT2D eigenvalue weighted by Gasteiger charge is 2.26. The van der Waals surface area contributed by atoms with Crippen LogP contribution in [0.2, 0.25) is 5.02 Å². The molecule has 168 valence electrons. The summed E-state index contributed by atoms with van der Waals surface area (Å²) in [6, 6.07) is 2.31. The molecule has 31 heavy (non-hydrogen) atoms. The summed E-state index contributed by atoms with van der Waals surface area (Å²) in [5, 5.41) is 11.0. The van der Waals surface area contributed by atoms with Crippen molar-refractivity contribution in [1.29, 1.82) is 0 Å². The van der Waals surface area contributed by atoms with Crippen molar-refractivity contribution in [2.45, 2.75) is 39.2 Å². The lowest BCUT2D eigenvalue weighted by Gasteiger charge is -2.31. The van der Waals surface area contributed by atoms with E-state index in [0.717, 1.165) is 6.07 Å². The molecule has 0 spiro atoms. The van der Waals surface area contributed by atoms with Gasteiger partial charge in [-0.3, -0.25) is 10.1 Å². The molecule has 1 aliphatic heterocycles. The van der Waals surface area contributed by atoms with Gasteiger partial charge in [0.1, 0.15) is 18.0 Å². The first-order valence-corrected chi connectivity index (χ1v) is 10.0.